The van der Waals surface area contributed by atoms with E-state index in [1.165, 1.54) is 18.2 Å². The van der Waals surface area contributed by atoms with Crippen LogP contribution in [0.1, 0.15) is 49.6 Å². The highest BCUT2D eigenvalue weighted by Gasteiger charge is 2.65. The Kier molecular flexibility index (Phi) is 4.52. The number of hydrogen-bond donors (Lipinski definition) is 0. The number of hydrogen-bond acceptors (Lipinski definition) is 6. The second-order valence-electron chi connectivity index (χ2n) is 9.69. The molecule has 3 aromatic rings. The highest BCUT2D eigenvalue weighted by atomic mass is 19.1. The van der Waals surface area contributed by atoms with Crippen molar-refractivity contribution >= 4 is 5.95 Å². The molecule has 1 saturated heterocycles. The number of halogens is 2. The molecule has 0 radical (unpaired) electrons. The summed E-state index contributed by atoms with van der Waals surface area (Å²) in [5, 5.41) is 8.92. The fourth-order valence-electron chi connectivity index (χ4n) is 6.26. The third-order valence-electron chi connectivity index (χ3n) is 7.98. The van der Waals surface area contributed by atoms with E-state index >= 15 is 0 Å². The van der Waals surface area contributed by atoms with Gasteiger partial charge in [0.05, 0.1) is 41.3 Å². The fraction of sp³-hybridized carbons (Fsp3) is 0.440. The highest BCUT2D eigenvalue weighted by molar-refractivity contribution is 5.64. The standard InChI is InChI=1S/C25H25F2N5O/c1-24(2)16-6-8-25(24,20-7-9-28-23(29-20)32-10-12-33-13-11-32)22-15(16)14-19(30-31-22)21-17(26)4-3-5-18(21)27/h3-5,7,9,14,16H,6,8,10-13H2,1-2H3/t16-,25-/m0/s1. The molecule has 170 valence electrons. The van der Waals surface area contributed by atoms with Crippen LogP contribution in [0, 0.1) is 17.0 Å². The van der Waals surface area contributed by atoms with Crippen LogP contribution in [0.4, 0.5) is 14.7 Å². The minimum Gasteiger partial charge on any atom is -0.378 e. The van der Waals surface area contributed by atoms with Gasteiger partial charge in [-0.2, -0.15) is 5.10 Å². The molecule has 2 bridgehead atoms. The van der Waals surface area contributed by atoms with Crippen LogP contribution >= 0.6 is 0 Å². The Bertz CT molecular complexity index is 1220. The molecule has 8 heteroatoms. The van der Waals surface area contributed by atoms with Crippen LogP contribution < -0.4 is 4.90 Å². The number of rotatable bonds is 3. The lowest BCUT2D eigenvalue weighted by atomic mass is 9.66. The van der Waals surface area contributed by atoms with Crippen LogP contribution in [0.15, 0.2) is 36.5 Å². The molecule has 3 heterocycles. The summed E-state index contributed by atoms with van der Waals surface area (Å²) in [6.07, 6.45) is 3.68. The highest BCUT2D eigenvalue weighted by Crippen LogP contribution is 2.69. The second-order valence-corrected chi connectivity index (χ2v) is 9.69. The zero-order valence-electron chi connectivity index (χ0n) is 18.7. The summed E-state index contributed by atoms with van der Waals surface area (Å²) in [7, 11) is 0. The molecule has 2 aromatic heterocycles. The fourth-order valence-corrected chi connectivity index (χ4v) is 6.26. The third kappa shape index (κ3) is 2.79. The molecule has 0 amide bonds. The molecule has 6 rings (SSSR count). The zero-order chi connectivity index (χ0) is 22.8. The lowest BCUT2D eigenvalue weighted by Gasteiger charge is -2.38. The summed E-state index contributed by atoms with van der Waals surface area (Å²) < 4.78 is 34.4. The Labute approximate surface area is 191 Å². The number of morpholine rings is 1. The summed E-state index contributed by atoms with van der Waals surface area (Å²) in [4.78, 5) is 11.7. The zero-order valence-corrected chi connectivity index (χ0v) is 18.7. The molecule has 6 nitrogen and oxygen atoms in total. The number of benzene rings is 1. The van der Waals surface area contributed by atoms with Crippen LogP contribution in [-0.4, -0.2) is 46.5 Å². The first-order chi connectivity index (χ1) is 15.9. The first-order valence-corrected chi connectivity index (χ1v) is 11.4. The predicted molar refractivity (Wildman–Crippen MR) is 119 cm³/mol. The minimum atomic E-state index is -0.632. The number of ether oxygens (including phenoxy) is 1. The Balaban J connectivity index is 1.48. The van der Waals surface area contributed by atoms with Crippen molar-refractivity contribution < 1.29 is 13.5 Å². The van der Waals surface area contributed by atoms with E-state index in [1.54, 1.807) is 0 Å². The molecule has 0 spiro atoms. The van der Waals surface area contributed by atoms with Gasteiger partial charge < -0.3 is 9.64 Å². The van der Waals surface area contributed by atoms with Crippen molar-refractivity contribution in [2.24, 2.45) is 5.41 Å². The summed E-state index contributed by atoms with van der Waals surface area (Å²) in [6, 6.07) is 7.67. The van der Waals surface area contributed by atoms with Gasteiger partial charge in [0.25, 0.3) is 0 Å². The van der Waals surface area contributed by atoms with Gasteiger partial charge in [0.15, 0.2) is 0 Å². The first-order valence-electron chi connectivity index (χ1n) is 11.4. The summed E-state index contributed by atoms with van der Waals surface area (Å²) >= 11 is 0. The molecule has 1 aliphatic heterocycles. The molecule has 2 atom stereocenters. The normalized spacial score (nSPS) is 25.3. The van der Waals surface area contributed by atoms with Crippen molar-refractivity contribution in [3.05, 3.63) is 65.1 Å². The Morgan fingerprint density at radius 1 is 1.06 bits per heavy atom. The predicted octanol–water partition coefficient (Wildman–Crippen LogP) is 4.25. The monoisotopic (exact) mass is 449 g/mol. The van der Waals surface area contributed by atoms with E-state index in [0.717, 1.165) is 42.9 Å². The average Bonchev–Trinajstić information content (AvgIpc) is 3.21. The van der Waals surface area contributed by atoms with Gasteiger partial charge in [0.2, 0.25) is 5.95 Å². The molecule has 0 N–H and O–H groups in total. The second kappa shape index (κ2) is 7.25. The van der Waals surface area contributed by atoms with Crippen molar-refractivity contribution in [3.8, 4) is 11.3 Å². The van der Waals surface area contributed by atoms with Crippen LogP contribution in [0.2, 0.25) is 0 Å². The van der Waals surface area contributed by atoms with E-state index in [-0.39, 0.29) is 22.6 Å². The molecular formula is C25H25F2N5O. The number of fused-ring (bicyclic) bond motifs is 5. The maximum atomic E-state index is 14.5. The van der Waals surface area contributed by atoms with Crippen LogP contribution in [-0.2, 0) is 10.2 Å². The van der Waals surface area contributed by atoms with Gasteiger partial charge >= 0.3 is 0 Å². The van der Waals surface area contributed by atoms with Crippen LogP contribution in [0.3, 0.4) is 0 Å². The topological polar surface area (TPSA) is 64.0 Å². The minimum absolute atomic E-state index is 0.126. The van der Waals surface area contributed by atoms with Crippen molar-refractivity contribution in [2.45, 2.75) is 38.0 Å². The van der Waals surface area contributed by atoms with E-state index in [4.69, 9.17) is 9.72 Å². The number of anilines is 1. The van der Waals surface area contributed by atoms with Crippen molar-refractivity contribution in [3.63, 3.8) is 0 Å². The Hall–Kier alpha value is -3.00. The van der Waals surface area contributed by atoms with Crippen LogP contribution in [0.25, 0.3) is 11.3 Å². The van der Waals surface area contributed by atoms with Gasteiger partial charge in [-0.1, -0.05) is 19.9 Å². The lowest BCUT2D eigenvalue weighted by molar-refractivity contribution is 0.122. The average molecular weight is 450 g/mol. The SMILES string of the molecule is CC1(C)[C@H]2CC[C@]1(c1ccnc(N3CCOCC3)n1)c1nnc(-c3c(F)cccc3F)cc12. The maximum absolute atomic E-state index is 14.5. The molecule has 1 saturated carbocycles. The quantitative estimate of drug-likeness (QED) is 0.596. The van der Waals surface area contributed by atoms with E-state index < -0.39 is 17.0 Å². The van der Waals surface area contributed by atoms with E-state index in [1.807, 2.05) is 18.3 Å². The van der Waals surface area contributed by atoms with Gasteiger partial charge in [-0.15, -0.1) is 5.10 Å². The van der Waals surface area contributed by atoms with E-state index in [2.05, 4.69) is 33.9 Å². The lowest BCUT2D eigenvalue weighted by Crippen LogP contribution is -2.40. The van der Waals surface area contributed by atoms with Gasteiger partial charge in [-0.25, -0.2) is 18.7 Å². The number of nitrogens with zero attached hydrogens (tertiary/aromatic N) is 5. The van der Waals surface area contributed by atoms with Gasteiger partial charge in [-0.05, 0) is 54.0 Å². The first kappa shape index (κ1) is 20.6. The van der Waals surface area contributed by atoms with Crippen molar-refractivity contribution in [1.82, 2.24) is 20.2 Å². The molecule has 2 aliphatic carbocycles. The Morgan fingerprint density at radius 3 is 2.58 bits per heavy atom. The van der Waals surface area contributed by atoms with E-state index in [9.17, 15) is 8.78 Å². The molecule has 2 fully saturated rings. The molecule has 1 aromatic carbocycles. The van der Waals surface area contributed by atoms with Crippen molar-refractivity contribution in [1.29, 1.82) is 0 Å². The van der Waals surface area contributed by atoms with Crippen molar-refractivity contribution in [2.75, 3.05) is 31.2 Å². The molecular weight excluding hydrogens is 424 g/mol. The smallest absolute Gasteiger partial charge is 0.225 e. The molecule has 3 aliphatic rings. The van der Waals surface area contributed by atoms with Gasteiger partial charge in [0.1, 0.15) is 11.6 Å². The van der Waals surface area contributed by atoms with Crippen LogP contribution in [0.5, 0.6) is 0 Å². The van der Waals surface area contributed by atoms with Gasteiger partial charge in [-0.3, -0.25) is 0 Å². The third-order valence-corrected chi connectivity index (χ3v) is 7.98. The number of aromatic nitrogens is 4. The maximum Gasteiger partial charge on any atom is 0.225 e. The molecule has 33 heavy (non-hydrogen) atoms. The summed E-state index contributed by atoms with van der Waals surface area (Å²) in [5.41, 5.74) is 2.34. The van der Waals surface area contributed by atoms with E-state index in [0.29, 0.717) is 19.2 Å². The van der Waals surface area contributed by atoms with Gasteiger partial charge in [0, 0.05) is 19.3 Å². The Morgan fingerprint density at radius 2 is 1.82 bits per heavy atom. The largest absolute Gasteiger partial charge is 0.378 e. The summed E-state index contributed by atoms with van der Waals surface area (Å²) in [6.45, 7) is 7.33. The molecule has 0 unspecified atom stereocenters. The summed E-state index contributed by atoms with van der Waals surface area (Å²) in [5.74, 6) is -0.353.